The van der Waals surface area contributed by atoms with Crippen LogP contribution in [0.15, 0.2) is 243 Å². The minimum absolute atomic E-state index is 1.12. The Morgan fingerprint density at radius 1 is 0.250 bits per heavy atom. The average molecular weight is 853 g/mol. The second kappa shape index (κ2) is 16.2. The monoisotopic (exact) mass is 852 g/mol. The molecule has 0 aliphatic heterocycles. The molecule has 0 N–H and O–H groups in total. The van der Waals surface area contributed by atoms with E-state index >= 15 is 0 Å². The molecular weight excluding hydrogens is 813 g/mol. The van der Waals surface area contributed by atoms with Gasteiger partial charge in [-0.3, -0.25) is 0 Å². The molecule has 4 heteroatoms. The van der Waals surface area contributed by atoms with Crippen LogP contribution in [-0.4, -0.2) is 0 Å². The zero-order valence-electron chi connectivity index (χ0n) is 34.8. The molecule has 0 atom stereocenters. The zero-order chi connectivity index (χ0) is 42.4. The van der Waals surface area contributed by atoms with Crippen LogP contribution in [0.2, 0.25) is 0 Å². The Morgan fingerprint density at radius 2 is 0.625 bits per heavy atom. The van der Waals surface area contributed by atoms with Crippen molar-refractivity contribution in [3.63, 3.8) is 0 Å². The van der Waals surface area contributed by atoms with Crippen molar-refractivity contribution < 1.29 is 0 Å². The Hall–Kier alpha value is -7.76. The Bertz CT molecular complexity index is 3530. The van der Waals surface area contributed by atoms with E-state index in [1.54, 1.807) is 0 Å². The van der Waals surface area contributed by atoms with Crippen LogP contribution in [0.3, 0.4) is 0 Å². The maximum atomic E-state index is 2.41. The number of thiophene rings is 2. The summed E-state index contributed by atoms with van der Waals surface area (Å²) in [5.74, 6) is 0. The number of anilines is 6. The number of fused-ring (bicyclic) bond motifs is 4. The third-order valence-corrected chi connectivity index (χ3v) is 14.5. The first kappa shape index (κ1) is 38.0. The minimum atomic E-state index is 1.12. The Morgan fingerprint density at radius 3 is 1.11 bits per heavy atom. The predicted octanol–water partition coefficient (Wildman–Crippen LogP) is 18.4. The zero-order valence-corrected chi connectivity index (χ0v) is 36.4. The van der Waals surface area contributed by atoms with E-state index in [-0.39, 0.29) is 0 Å². The first-order chi connectivity index (χ1) is 31.7. The Balaban J connectivity index is 1.02. The van der Waals surface area contributed by atoms with Crippen molar-refractivity contribution in [2.45, 2.75) is 0 Å². The number of benzene rings is 10. The van der Waals surface area contributed by atoms with Gasteiger partial charge in [0.25, 0.3) is 0 Å². The van der Waals surface area contributed by atoms with Gasteiger partial charge in [0.2, 0.25) is 0 Å². The molecule has 302 valence electrons. The third kappa shape index (κ3) is 6.81. The quantitative estimate of drug-likeness (QED) is 0.134. The van der Waals surface area contributed by atoms with Crippen molar-refractivity contribution in [1.29, 1.82) is 0 Å². The smallest absolute Gasteiger partial charge is 0.101 e. The summed E-state index contributed by atoms with van der Waals surface area (Å²) in [4.78, 5) is 4.76. The molecule has 12 rings (SSSR count). The lowest BCUT2D eigenvalue weighted by molar-refractivity contribution is 1.32. The summed E-state index contributed by atoms with van der Waals surface area (Å²) in [6.07, 6.45) is 0. The first-order valence-corrected chi connectivity index (χ1v) is 23.3. The number of para-hydroxylation sites is 2. The Labute approximate surface area is 380 Å². The second-order valence-electron chi connectivity index (χ2n) is 16.1. The molecule has 0 aliphatic carbocycles. The highest BCUT2D eigenvalue weighted by Crippen LogP contribution is 2.48. The largest absolute Gasteiger partial charge is 0.302 e. The summed E-state index contributed by atoms with van der Waals surface area (Å²) in [6.45, 7) is 0. The summed E-state index contributed by atoms with van der Waals surface area (Å²) >= 11 is 3.65. The summed E-state index contributed by atoms with van der Waals surface area (Å²) in [7, 11) is 0. The number of hydrogen-bond acceptors (Lipinski definition) is 4. The maximum Gasteiger partial charge on any atom is 0.101 e. The van der Waals surface area contributed by atoms with Gasteiger partial charge in [-0.05, 0) is 145 Å². The van der Waals surface area contributed by atoms with Gasteiger partial charge in [-0.1, -0.05) is 164 Å². The maximum absolute atomic E-state index is 2.41. The molecule has 12 aromatic rings. The van der Waals surface area contributed by atoms with Crippen LogP contribution in [0.4, 0.5) is 32.8 Å². The SMILES string of the molecule is c1ccc(-c2ccc3c(-c4ccc(N(c5ccccc5)c5cc6ccccc6s5)cc4)c4ccccc4c(-c4ccc(N(c5ccccc5)c5cc6ccccc6s5)cc4)c3c2)cc1. The highest BCUT2D eigenvalue weighted by molar-refractivity contribution is 7.23. The molecule has 0 bridgehead atoms. The second-order valence-corrected chi connectivity index (χ2v) is 18.2. The van der Waals surface area contributed by atoms with Crippen LogP contribution in [0, 0.1) is 0 Å². The van der Waals surface area contributed by atoms with Crippen LogP contribution >= 0.6 is 22.7 Å². The number of rotatable bonds is 9. The summed E-state index contributed by atoms with van der Waals surface area (Å²) in [5.41, 5.74) is 11.8. The van der Waals surface area contributed by atoms with Gasteiger partial charge < -0.3 is 9.80 Å². The molecule has 0 saturated heterocycles. The van der Waals surface area contributed by atoms with Crippen molar-refractivity contribution >= 4 is 97.1 Å². The number of hydrogen-bond donors (Lipinski definition) is 0. The molecule has 0 saturated carbocycles. The van der Waals surface area contributed by atoms with E-state index < -0.39 is 0 Å². The van der Waals surface area contributed by atoms with Gasteiger partial charge in [-0.15, -0.1) is 22.7 Å². The lowest BCUT2D eigenvalue weighted by Gasteiger charge is -2.25. The summed E-state index contributed by atoms with van der Waals surface area (Å²) < 4.78 is 2.56. The molecule has 64 heavy (non-hydrogen) atoms. The topological polar surface area (TPSA) is 6.48 Å². The normalized spacial score (nSPS) is 11.4. The highest BCUT2D eigenvalue weighted by atomic mass is 32.1. The van der Waals surface area contributed by atoms with Gasteiger partial charge in [-0.25, -0.2) is 0 Å². The van der Waals surface area contributed by atoms with E-state index in [2.05, 4.69) is 252 Å². The molecule has 0 amide bonds. The molecule has 2 heterocycles. The van der Waals surface area contributed by atoms with Gasteiger partial charge in [0.05, 0.1) is 0 Å². The van der Waals surface area contributed by atoms with Crippen molar-refractivity contribution in [2.24, 2.45) is 0 Å². The van der Waals surface area contributed by atoms with Crippen LogP contribution in [-0.2, 0) is 0 Å². The molecule has 10 aromatic carbocycles. The molecule has 0 unspecified atom stereocenters. The van der Waals surface area contributed by atoms with E-state index in [9.17, 15) is 0 Å². The van der Waals surface area contributed by atoms with Crippen molar-refractivity contribution in [3.8, 4) is 33.4 Å². The van der Waals surface area contributed by atoms with E-state index in [0.29, 0.717) is 0 Å². The predicted molar refractivity (Wildman–Crippen MR) is 278 cm³/mol. The molecule has 0 spiro atoms. The van der Waals surface area contributed by atoms with Crippen molar-refractivity contribution in [1.82, 2.24) is 0 Å². The van der Waals surface area contributed by atoms with Gasteiger partial charge in [0.1, 0.15) is 10.0 Å². The molecule has 0 aliphatic rings. The fourth-order valence-electron chi connectivity index (χ4n) is 9.28. The lowest BCUT2D eigenvalue weighted by atomic mass is 9.84. The minimum Gasteiger partial charge on any atom is -0.302 e. The standard InChI is InChI=1S/C60H40N2S2/c1-4-16-41(17-5-1)44-32-37-53-54(38-44)60(43-30-35-50(36-31-43)62(48-22-8-3-9-23-48)58-40-46-19-11-15-27-56(46)64-58)52-25-13-12-24-51(52)59(53)42-28-33-49(34-29-42)61(47-20-6-2-7-21-47)57-39-45-18-10-14-26-55(45)63-57/h1-40H. The average Bonchev–Trinajstić information content (AvgIpc) is 3.99. The van der Waals surface area contributed by atoms with Gasteiger partial charge in [0.15, 0.2) is 0 Å². The lowest BCUT2D eigenvalue weighted by Crippen LogP contribution is -2.08. The Kier molecular flexibility index (Phi) is 9.59. The van der Waals surface area contributed by atoms with Crippen LogP contribution in [0.1, 0.15) is 0 Å². The molecular formula is C60H40N2S2. The van der Waals surface area contributed by atoms with Crippen molar-refractivity contribution in [2.75, 3.05) is 9.80 Å². The molecule has 0 radical (unpaired) electrons. The summed E-state index contributed by atoms with van der Waals surface area (Å²) in [6, 6.07) is 88.5. The molecule has 2 aromatic heterocycles. The van der Waals surface area contributed by atoms with E-state index in [1.165, 1.54) is 85.1 Å². The van der Waals surface area contributed by atoms with Gasteiger partial charge >= 0.3 is 0 Å². The summed E-state index contributed by atoms with van der Waals surface area (Å²) in [5, 5.41) is 9.81. The number of nitrogens with zero attached hydrogens (tertiary/aromatic N) is 2. The van der Waals surface area contributed by atoms with E-state index in [4.69, 9.17) is 0 Å². The third-order valence-electron chi connectivity index (χ3n) is 12.3. The van der Waals surface area contributed by atoms with Gasteiger partial charge in [-0.2, -0.15) is 0 Å². The molecule has 2 nitrogen and oxygen atoms in total. The van der Waals surface area contributed by atoms with Crippen LogP contribution < -0.4 is 9.80 Å². The van der Waals surface area contributed by atoms with Gasteiger partial charge in [0, 0.05) is 32.1 Å². The molecule has 0 fully saturated rings. The first-order valence-electron chi connectivity index (χ1n) is 21.7. The fraction of sp³-hybridized carbons (Fsp3) is 0. The van der Waals surface area contributed by atoms with E-state index in [1.807, 2.05) is 22.7 Å². The highest BCUT2D eigenvalue weighted by Gasteiger charge is 2.21. The fourth-order valence-corrected chi connectivity index (χ4v) is 11.5. The van der Waals surface area contributed by atoms with Crippen LogP contribution in [0.25, 0.3) is 75.1 Å². The van der Waals surface area contributed by atoms with Crippen molar-refractivity contribution in [3.05, 3.63) is 243 Å². The van der Waals surface area contributed by atoms with Crippen LogP contribution in [0.5, 0.6) is 0 Å². The van der Waals surface area contributed by atoms with E-state index in [0.717, 1.165) is 22.7 Å².